The lowest BCUT2D eigenvalue weighted by atomic mass is 10.2. The van der Waals surface area contributed by atoms with Gasteiger partial charge in [0, 0.05) is 20.0 Å². The molecule has 0 saturated heterocycles. The van der Waals surface area contributed by atoms with Crippen molar-refractivity contribution < 1.29 is 19.1 Å². The fourth-order valence-corrected chi connectivity index (χ4v) is 2.61. The Bertz CT molecular complexity index is 1040. The minimum Gasteiger partial charge on any atom is -0.493 e. The Hall–Kier alpha value is -3.61. The highest BCUT2D eigenvalue weighted by Gasteiger charge is 2.10. The minimum absolute atomic E-state index is 0.294. The number of hydrogen-bond acceptors (Lipinski definition) is 5. The molecule has 1 aromatic heterocycles. The van der Waals surface area contributed by atoms with Gasteiger partial charge in [-0.1, -0.05) is 18.2 Å². The van der Waals surface area contributed by atoms with Crippen LogP contribution < -0.4 is 14.8 Å². The van der Waals surface area contributed by atoms with Crippen molar-refractivity contribution in [3.8, 4) is 11.5 Å². The topological polar surface area (TPSA) is 82.4 Å². The number of imidazole rings is 1. The van der Waals surface area contributed by atoms with Crippen LogP contribution in [0.25, 0.3) is 17.1 Å². The maximum atomic E-state index is 12.2. The van der Waals surface area contributed by atoms with E-state index in [1.165, 1.54) is 20.1 Å². The Kier molecular flexibility index (Phi) is 5.21. The van der Waals surface area contributed by atoms with Crippen molar-refractivity contribution in [3.05, 3.63) is 54.1 Å². The second-order valence-corrected chi connectivity index (χ2v) is 5.81. The number of nitrogens with zero attached hydrogens (tertiary/aromatic N) is 2. The zero-order valence-corrected chi connectivity index (χ0v) is 15.2. The van der Waals surface area contributed by atoms with E-state index >= 15 is 0 Å². The van der Waals surface area contributed by atoms with Crippen LogP contribution in [-0.2, 0) is 16.6 Å². The summed E-state index contributed by atoms with van der Waals surface area (Å²) in [7, 11) is 3.33. The van der Waals surface area contributed by atoms with E-state index in [-0.39, 0.29) is 5.91 Å². The fraction of sp³-hybridized carbons (Fsp3) is 0.150. The molecule has 2 aromatic carbocycles. The predicted octanol–water partition coefficient (Wildman–Crippen LogP) is 3.16. The van der Waals surface area contributed by atoms with Crippen molar-refractivity contribution in [3.63, 3.8) is 0 Å². The molecule has 0 unspecified atom stereocenters. The molecular weight excluding hydrogens is 346 g/mol. The molecule has 0 saturated carbocycles. The highest BCUT2D eigenvalue weighted by atomic mass is 16.6. The Morgan fingerprint density at radius 2 is 1.93 bits per heavy atom. The molecule has 1 N–H and O–H groups in total. The van der Waals surface area contributed by atoms with Crippen LogP contribution >= 0.6 is 0 Å². The van der Waals surface area contributed by atoms with Gasteiger partial charge in [-0.15, -0.1) is 0 Å². The summed E-state index contributed by atoms with van der Waals surface area (Å²) < 4.78 is 12.1. The molecule has 138 valence electrons. The molecule has 0 radical (unpaired) electrons. The summed E-state index contributed by atoms with van der Waals surface area (Å²) in [4.78, 5) is 27.8. The van der Waals surface area contributed by atoms with Crippen LogP contribution in [0.15, 0.2) is 48.5 Å². The lowest BCUT2D eigenvalue weighted by Gasteiger charge is -2.08. The van der Waals surface area contributed by atoms with Crippen molar-refractivity contribution in [2.24, 2.45) is 7.05 Å². The number of aromatic nitrogens is 2. The molecule has 3 aromatic rings. The molecular formula is C20H19N3O4. The maximum absolute atomic E-state index is 12.2. The van der Waals surface area contributed by atoms with Crippen molar-refractivity contribution in [1.29, 1.82) is 0 Å². The first kappa shape index (κ1) is 18.2. The Balaban J connectivity index is 1.76. The number of carbonyl (C=O) groups excluding carboxylic acids is 2. The molecule has 3 rings (SSSR count). The molecule has 1 heterocycles. The van der Waals surface area contributed by atoms with Gasteiger partial charge in [-0.2, -0.15) is 0 Å². The number of methoxy groups -OCH3 is 1. The van der Waals surface area contributed by atoms with Crippen LogP contribution in [0.5, 0.6) is 11.5 Å². The zero-order valence-electron chi connectivity index (χ0n) is 15.2. The number of hydrogen-bond donors (Lipinski definition) is 1. The molecule has 0 spiro atoms. The summed E-state index contributed by atoms with van der Waals surface area (Å²) in [6.07, 6.45) is 3.00. The van der Waals surface area contributed by atoms with Gasteiger partial charge in [0.15, 0.2) is 11.5 Å². The van der Waals surface area contributed by atoms with Gasteiger partial charge in [-0.05, 0) is 35.9 Å². The molecule has 0 aliphatic heterocycles. The van der Waals surface area contributed by atoms with Crippen molar-refractivity contribution in [1.82, 2.24) is 9.55 Å². The molecule has 1 amide bonds. The SMILES string of the molecule is COc1ccc(/C=C/C(=O)Nc2nc3ccccc3n2C)cc1OC(C)=O. The first-order valence-electron chi connectivity index (χ1n) is 8.25. The largest absolute Gasteiger partial charge is 0.493 e. The van der Waals surface area contributed by atoms with E-state index in [9.17, 15) is 9.59 Å². The van der Waals surface area contributed by atoms with Gasteiger partial charge in [-0.25, -0.2) is 4.98 Å². The second-order valence-electron chi connectivity index (χ2n) is 5.81. The van der Waals surface area contributed by atoms with Gasteiger partial charge in [0.25, 0.3) is 5.91 Å². The molecule has 0 aliphatic carbocycles. The summed E-state index contributed by atoms with van der Waals surface area (Å²) in [5.74, 6) is 0.419. The summed E-state index contributed by atoms with van der Waals surface area (Å²) >= 11 is 0. The van der Waals surface area contributed by atoms with Crippen LogP contribution in [0, 0.1) is 0 Å². The summed E-state index contributed by atoms with van der Waals surface area (Å²) in [6.45, 7) is 1.31. The van der Waals surface area contributed by atoms with Crippen LogP contribution in [0.4, 0.5) is 5.95 Å². The third kappa shape index (κ3) is 4.14. The van der Waals surface area contributed by atoms with E-state index < -0.39 is 5.97 Å². The summed E-state index contributed by atoms with van der Waals surface area (Å²) in [5, 5.41) is 2.76. The number of rotatable bonds is 5. The van der Waals surface area contributed by atoms with E-state index in [2.05, 4.69) is 10.3 Å². The van der Waals surface area contributed by atoms with Crippen molar-refractivity contribution in [2.75, 3.05) is 12.4 Å². The van der Waals surface area contributed by atoms with Gasteiger partial charge in [0.2, 0.25) is 5.95 Å². The van der Waals surface area contributed by atoms with E-state index in [4.69, 9.17) is 9.47 Å². The quantitative estimate of drug-likeness (QED) is 0.427. The monoisotopic (exact) mass is 365 g/mol. The van der Waals surface area contributed by atoms with E-state index in [0.29, 0.717) is 23.0 Å². The standard InChI is InChI=1S/C20H19N3O4/c1-13(24)27-18-12-14(8-10-17(18)26-3)9-11-19(25)22-20-21-15-6-4-5-7-16(15)23(20)2/h4-12H,1-3H3,(H,21,22,25)/b11-9+. The van der Waals surface area contributed by atoms with Gasteiger partial charge < -0.3 is 14.0 Å². The number of carbonyl (C=O) groups is 2. The second kappa shape index (κ2) is 7.74. The van der Waals surface area contributed by atoms with Gasteiger partial charge in [-0.3, -0.25) is 14.9 Å². The zero-order chi connectivity index (χ0) is 19.4. The highest BCUT2D eigenvalue weighted by molar-refractivity contribution is 6.01. The Morgan fingerprint density at radius 3 is 2.63 bits per heavy atom. The third-order valence-electron chi connectivity index (χ3n) is 3.89. The van der Waals surface area contributed by atoms with Gasteiger partial charge >= 0.3 is 5.97 Å². The van der Waals surface area contributed by atoms with Gasteiger partial charge in [0.05, 0.1) is 18.1 Å². The average molecular weight is 365 g/mol. The van der Waals surface area contributed by atoms with Gasteiger partial charge in [0.1, 0.15) is 0 Å². The molecule has 0 atom stereocenters. The lowest BCUT2D eigenvalue weighted by Crippen LogP contribution is -2.11. The number of ether oxygens (including phenoxy) is 2. The third-order valence-corrected chi connectivity index (χ3v) is 3.89. The number of para-hydroxylation sites is 2. The highest BCUT2D eigenvalue weighted by Crippen LogP contribution is 2.28. The van der Waals surface area contributed by atoms with Crippen LogP contribution in [0.3, 0.4) is 0 Å². The molecule has 0 fully saturated rings. The lowest BCUT2D eigenvalue weighted by molar-refractivity contribution is -0.132. The number of anilines is 1. The van der Waals surface area contributed by atoms with E-state index in [0.717, 1.165) is 11.0 Å². The summed E-state index contributed by atoms with van der Waals surface area (Å²) in [5.41, 5.74) is 2.42. The smallest absolute Gasteiger partial charge is 0.308 e. The Labute approximate surface area is 156 Å². The molecule has 0 aliphatic rings. The number of benzene rings is 2. The maximum Gasteiger partial charge on any atom is 0.308 e. The van der Waals surface area contributed by atoms with Crippen molar-refractivity contribution >= 4 is 34.9 Å². The molecule has 7 heteroatoms. The number of amides is 1. The first-order valence-corrected chi connectivity index (χ1v) is 8.25. The molecule has 27 heavy (non-hydrogen) atoms. The number of esters is 1. The fourth-order valence-electron chi connectivity index (χ4n) is 2.61. The Morgan fingerprint density at radius 1 is 1.15 bits per heavy atom. The number of aryl methyl sites for hydroxylation is 1. The van der Waals surface area contributed by atoms with E-state index in [1.54, 1.807) is 24.3 Å². The number of nitrogens with one attached hydrogen (secondary N) is 1. The van der Waals surface area contributed by atoms with Crippen LogP contribution in [-0.4, -0.2) is 28.5 Å². The molecule has 0 bridgehead atoms. The number of fused-ring (bicyclic) bond motifs is 1. The normalized spacial score (nSPS) is 10.9. The average Bonchev–Trinajstić information content (AvgIpc) is 2.95. The predicted molar refractivity (Wildman–Crippen MR) is 103 cm³/mol. The van der Waals surface area contributed by atoms with Crippen LogP contribution in [0.2, 0.25) is 0 Å². The summed E-state index contributed by atoms with van der Waals surface area (Å²) in [6, 6.07) is 12.7. The van der Waals surface area contributed by atoms with Crippen molar-refractivity contribution in [2.45, 2.75) is 6.92 Å². The minimum atomic E-state index is -0.450. The first-order chi connectivity index (χ1) is 13.0. The van der Waals surface area contributed by atoms with E-state index in [1.807, 2.05) is 35.9 Å². The van der Waals surface area contributed by atoms with Crippen LogP contribution in [0.1, 0.15) is 12.5 Å². The molecule has 7 nitrogen and oxygen atoms in total.